The largest absolute Gasteiger partial charge is 0.483 e. The molecule has 0 saturated heterocycles. The van der Waals surface area contributed by atoms with Crippen LogP contribution >= 0.6 is 0 Å². The van der Waals surface area contributed by atoms with Crippen molar-refractivity contribution < 1.29 is 14.6 Å². The van der Waals surface area contributed by atoms with Gasteiger partial charge in [-0.3, -0.25) is 10.5 Å². The third-order valence-electron chi connectivity index (χ3n) is 8.24. The Hall–Kier alpha value is -1.13. The molecular formula is C22H33NO3. The van der Waals surface area contributed by atoms with Crippen molar-refractivity contribution in [1.82, 2.24) is 0 Å². The summed E-state index contributed by atoms with van der Waals surface area (Å²) in [6, 6.07) is 0. The van der Waals surface area contributed by atoms with Crippen molar-refractivity contribution in [3.05, 3.63) is 23.5 Å². The zero-order chi connectivity index (χ0) is 18.7. The highest BCUT2D eigenvalue weighted by atomic mass is 16.5. The maximum Gasteiger partial charge on any atom is 0.156 e. The van der Waals surface area contributed by atoms with E-state index in [4.69, 9.17) is 10.5 Å². The lowest BCUT2D eigenvalue weighted by molar-refractivity contribution is -0.117. The first-order chi connectivity index (χ1) is 12.3. The number of fused-ring (bicyclic) bond motifs is 5. The normalized spacial score (nSPS) is 47.7. The van der Waals surface area contributed by atoms with Crippen LogP contribution in [0.15, 0.2) is 23.5 Å². The summed E-state index contributed by atoms with van der Waals surface area (Å²) >= 11 is 0. The summed E-state index contributed by atoms with van der Waals surface area (Å²) in [6.45, 7) is 6.48. The molecule has 0 heterocycles. The predicted molar refractivity (Wildman–Crippen MR) is 101 cm³/mol. The van der Waals surface area contributed by atoms with E-state index >= 15 is 0 Å². The number of nitrogens with two attached hydrogens (primary N) is 1. The lowest BCUT2D eigenvalue weighted by Gasteiger charge is -2.58. The van der Waals surface area contributed by atoms with Crippen molar-refractivity contribution in [3.63, 3.8) is 0 Å². The van der Waals surface area contributed by atoms with Gasteiger partial charge in [0.1, 0.15) is 6.23 Å². The smallest absolute Gasteiger partial charge is 0.156 e. The molecule has 0 aromatic rings. The number of ether oxygens (including phenoxy) is 1. The van der Waals surface area contributed by atoms with Gasteiger partial charge in [-0.05, 0) is 91.3 Å². The first-order valence-corrected chi connectivity index (χ1v) is 10.3. The fraction of sp³-hybridized carbons (Fsp3) is 0.773. The van der Waals surface area contributed by atoms with Crippen LogP contribution in [0.2, 0.25) is 0 Å². The third kappa shape index (κ3) is 2.60. The molecule has 0 radical (unpaired) electrons. The van der Waals surface area contributed by atoms with Gasteiger partial charge in [-0.1, -0.05) is 13.8 Å². The molecule has 4 nitrogen and oxygen atoms in total. The molecule has 144 valence electrons. The van der Waals surface area contributed by atoms with Gasteiger partial charge < -0.3 is 9.84 Å². The number of carbonyl (C=O) groups excluding carboxylic acids is 1. The number of hydrogen-bond acceptors (Lipinski definition) is 4. The maximum absolute atomic E-state index is 12.2. The van der Waals surface area contributed by atoms with Crippen LogP contribution in [-0.4, -0.2) is 23.2 Å². The van der Waals surface area contributed by atoms with Gasteiger partial charge in [0, 0.05) is 6.42 Å². The Bertz CT molecular complexity index is 666. The highest BCUT2D eigenvalue weighted by Crippen LogP contribution is 2.66. The summed E-state index contributed by atoms with van der Waals surface area (Å²) in [5, 5.41) is 10.6. The van der Waals surface area contributed by atoms with Gasteiger partial charge in [0.05, 0.1) is 12.4 Å². The molecule has 4 rings (SSSR count). The number of aliphatic hydroxyl groups excluding tert-OH is 1. The van der Waals surface area contributed by atoms with E-state index < -0.39 is 0 Å². The number of ketones is 1. The van der Waals surface area contributed by atoms with Crippen molar-refractivity contribution in [2.45, 2.75) is 78.0 Å². The Morgan fingerprint density at radius 3 is 2.77 bits per heavy atom. The molecule has 0 amide bonds. The number of hydrogen-bond donors (Lipinski definition) is 2. The molecule has 0 bridgehead atoms. The monoisotopic (exact) mass is 359 g/mol. The minimum Gasteiger partial charge on any atom is -0.483 e. The highest BCUT2D eigenvalue weighted by molar-refractivity contribution is 5.92. The van der Waals surface area contributed by atoms with Crippen LogP contribution in [0, 0.1) is 28.6 Å². The summed E-state index contributed by atoms with van der Waals surface area (Å²) in [7, 11) is 0. The van der Waals surface area contributed by atoms with Crippen molar-refractivity contribution in [1.29, 1.82) is 0 Å². The minimum absolute atomic E-state index is 0.0404. The maximum atomic E-state index is 12.2. The zero-order valence-electron chi connectivity index (χ0n) is 16.3. The van der Waals surface area contributed by atoms with E-state index in [1.807, 2.05) is 19.3 Å². The lowest BCUT2D eigenvalue weighted by atomic mass is 9.46. The van der Waals surface area contributed by atoms with E-state index in [2.05, 4.69) is 13.8 Å². The molecule has 4 heteroatoms. The quantitative estimate of drug-likeness (QED) is 0.582. The molecule has 3 saturated carbocycles. The van der Waals surface area contributed by atoms with Gasteiger partial charge in [0.2, 0.25) is 0 Å². The first-order valence-electron chi connectivity index (χ1n) is 10.3. The average Bonchev–Trinajstić information content (AvgIpc) is 2.89. The highest BCUT2D eigenvalue weighted by Gasteiger charge is 2.59. The molecule has 2 unspecified atom stereocenters. The van der Waals surface area contributed by atoms with E-state index in [1.165, 1.54) is 5.57 Å². The number of allylic oxidation sites excluding steroid dienone is 2. The van der Waals surface area contributed by atoms with Crippen LogP contribution in [0.1, 0.15) is 65.7 Å². The van der Waals surface area contributed by atoms with E-state index in [-0.39, 0.29) is 28.9 Å². The summed E-state index contributed by atoms with van der Waals surface area (Å²) in [4.78, 5) is 12.2. The van der Waals surface area contributed by atoms with Gasteiger partial charge in [-0.15, -0.1) is 0 Å². The minimum atomic E-state index is -0.351. The molecule has 0 spiro atoms. The average molecular weight is 360 g/mol. The second kappa shape index (κ2) is 6.20. The fourth-order valence-corrected chi connectivity index (χ4v) is 6.76. The molecule has 4 aliphatic rings. The second-order valence-corrected chi connectivity index (χ2v) is 9.64. The van der Waals surface area contributed by atoms with Crippen LogP contribution in [0.25, 0.3) is 0 Å². The molecule has 7 atom stereocenters. The topological polar surface area (TPSA) is 72.6 Å². The third-order valence-corrected chi connectivity index (χ3v) is 8.24. The summed E-state index contributed by atoms with van der Waals surface area (Å²) in [6.07, 6.45) is 10.0. The van der Waals surface area contributed by atoms with Crippen LogP contribution in [-0.2, 0) is 9.53 Å². The molecular weight excluding hydrogens is 326 g/mol. The summed E-state index contributed by atoms with van der Waals surface area (Å²) in [5.41, 5.74) is 8.25. The van der Waals surface area contributed by atoms with Crippen LogP contribution in [0.3, 0.4) is 0 Å². The molecule has 0 aliphatic heterocycles. The van der Waals surface area contributed by atoms with E-state index in [1.54, 1.807) is 0 Å². The van der Waals surface area contributed by atoms with Crippen molar-refractivity contribution in [3.8, 4) is 0 Å². The Morgan fingerprint density at radius 1 is 1.27 bits per heavy atom. The van der Waals surface area contributed by atoms with Crippen molar-refractivity contribution >= 4 is 5.78 Å². The predicted octanol–water partition coefficient (Wildman–Crippen LogP) is 3.69. The van der Waals surface area contributed by atoms with Gasteiger partial charge in [0.25, 0.3) is 0 Å². The molecule has 0 aromatic carbocycles. The first kappa shape index (κ1) is 18.2. The van der Waals surface area contributed by atoms with Crippen molar-refractivity contribution in [2.75, 3.05) is 0 Å². The van der Waals surface area contributed by atoms with Gasteiger partial charge in [-0.2, -0.15) is 0 Å². The summed E-state index contributed by atoms with van der Waals surface area (Å²) in [5.74, 6) is 1.95. The Kier molecular flexibility index (Phi) is 4.35. The lowest BCUT2D eigenvalue weighted by Crippen LogP contribution is -2.51. The zero-order valence-corrected chi connectivity index (χ0v) is 16.3. The van der Waals surface area contributed by atoms with E-state index in [9.17, 15) is 9.90 Å². The van der Waals surface area contributed by atoms with Gasteiger partial charge in [-0.25, -0.2) is 0 Å². The number of aliphatic hydroxyl groups is 1. The number of carbonyl (C=O) groups is 1. The molecule has 4 aliphatic carbocycles. The van der Waals surface area contributed by atoms with E-state index in [0.717, 1.165) is 44.1 Å². The fourth-order valence-electron chi connectivity index (χ4n) is 6.76. The molecule has 26 heavy (non-hydrogen) atoms. The van der Waals surface area contributed by atoms with Crippen molar-refractivity contribution in [2.24, 2.45) is 34.3 Å². The molecule has 3 fully saturated rings. The Balaban J connectivity index is 1.75. The van der Waals surface area contributed by atoms with Crippen LogP contribution in [0.4, 0.5) is 0 Å². The second-order valence-electron chi connectivity index (χ2n) is 9.64. The van der Waals surface area contributed by atoms with Gasteiger partial charge in [0.15, 0.2) is 5.78 Å². The SMILES string of the molecule is CC(N)O/C=C1/C[C@@H]2[C@H](CC[C@]3(C)C(O)CC[C@@H]23)[C@@]2(C)CCC(=O)C=C12. The molecule has 3 N–H and O–H groups in total. The molecule has 0 aromatic heterocycles. The summed E-state index contributed by atoms with van der Waals surface area (Å²) < 4.78 is 5.66. The van der Waals surface area contributed by atoms with Gasteiger partial charge >= 0.3 is 0 Å². The van der Waals surface area contributed by atoms with E-state index in [0.29, 0.717) is 24.2 Å². The standard InChI is InChI=1S/C22H33NO3/c1-13(23)26-12-14-10-16-17-4-5-20(25)22(17,3)9-7-18(16)21(2)8-6-15(24)11-19(14)21/h11-13,16-18,20,25H,4-10,23H2,1-3H3/b14-12-/t13?,16-,17-,18-,20?,21+,22-/m0/s1. The number of rotatable bonds is 2. The van der Waals surface area contributed by atoms with Crippen LogP contribution < -0.4 is 5.73 Å². The van der Waals surface area contributed by atoms with Crippen LogP contribution in [0.5, 0.6) is 0 Å². The Morgan fingerprint density at radius 2 is 2.04 bits per heavy atom. The Labute approximate surface area is 156 Å².